The topological polar surface area (TPSA) is 61.4 Å². The Balaban J connectivity index is 1.43. The van der Waals surface area contributed by atoms with E-state index in [1.54, 1.807) is 18.3 Å². The van der Waals surface area contributed by atoms with Gasteiger partial charge in [0.05, 0.1) is 5.69 Å². The van der Waals surface area contributed by atoms with Gasteiger partial charge in [0.15, 0.2) is 0 Å². The summed E-state index contributed by atoms with van der Waals surface area (Å²) in [6.07, 6.45) is 1.56. The number of rotatable bonds is 4. The van der Waals surface area contributed by atoms with Gasteiger partial charge < -0.3 is 15.1 Å². The van der Waals surface area contributed by atoms with Crippen molar-refractivity contribution in [2.75, 3.05) is 41.3 Å². The van der Waals surface area contributed by atoms with Crippen molar-refractivity contribution in [3.63, 3.8) is 0 Å². The molecular weight excluding hydrogens is 369 g/mol. The van der Waals surface area contributed by atoms with Crippen LogP contribution in [0.5, 0.6) is 0 Å². The highest BCUT2D eigenvalue weighted by molar-refractivity contribution is 6.03. The van der Waals surface area contributed by atoms with E-state index < -0.39 is 11.7 Å². The van der Waals surface area contributed by atoms with Crippen molar-refractivity contribution in [1.29, 1.82) is 0 Å². The third kappa shape index (κ3) is 4.34. The highest BCUT2D eigenvalue weighted by Gasteiger charge is 2.20. The molecular formula is C22H22FN5O. The lowest BCUT2D eigenvalue weighted by Crippen LogP contribution is -2.47. The van der Waals surface area contributed by atoms with Gasteiger partial charge in [0, 0.05) is 38.1 Å². The van der Waals surface area contributed by atoms with Crippen LogP contribution in [-0.2, 0) is 0 Å². The van der Waals surface area contributed by atoms with Crippen molar-refractivity contribution in [1.82, 2.24) is 9.97 Å². The Morgan fingerprint density at radius 3 is 2.52 bits per heavy atom. The number of piperazine rings is 1. The van der Waals surface area contributed by atoms with Gasteiger partial charge in [-0.2, -0.15) is 0 Å². The first-order chi connectivity index (χ1) is 14.1. The van der Waals surface area contributed by atoms with E-state index in [1.165, 1.54) is 29.4 Å². The SMILES string of the molecule is Cc1cccc(N2CCN(c3nccc(C(=O)Nc4ccccc4F)n3)CC2)c1. The smallest absolute Gasteiger partial charge is 0.274 e. The molecule has 1 aromatic heterocycles. The van der Waals surface area contributed by atoms with Crippen molar-refractivity contribution < 1.29 is 9.18 Å². The largest absolute Gasteiger partial charge is 0.368 e. The standard InChI is InChI=1S/C22H22FN5O/c1-16-5-4-6-17(15-16)27-11-13-28(14-12-27)22-24-10-9-20(26-22)21(29)25-19-8-3-2-7-18(19)23/h2-10,15H,11-14H2,1H3,(H,25,29). The van der Waals surface area contributed by atoms with Crippen molar-refractivity contribution >= 4 is 23.2 Å². The minimum absolute atomic E-state index is 0.129. The van der Waals surface area contributed by atoms with Gasteiger partial charge in [-0.3, -0.25) is 4.79 Å². The van der Waals surface area contributed by atoms with Crippen molar-refractivity contribution in [3.8, 4) is 0 Å². The molecule has 1 aliphatic heterocycles. The zero-order valence-electron chi connectivity index (χ0n) is 16.2. The molecule has 1 aliphatic rings. The molecule has 0 unspecified atom stereocenters. The van der Waals surface area contributed by atoms with Gasteiger partial charge in [-0.1, -0.05) is 24.3 Å². The molecule has 0 saturated carbocycles. The number of benzene rings is 2. The number of hydrogen-bond donors (Lipinski definition) is 1. The number of halogens is 1. The van der Waals surface area contributed by atoms with E-state index in [1.807, 2.05) is 0 Å². The predicted molar refractivity (Wildman–Crippen MR) is 112 cm³/mol. The Labute approximate surface area is 169 Å². The molecule has 29 heavy (non-hydrogen) atoms. The van der Waals surface area contributed by atoms with E-state index in [2.05, 4.69) is 56.3 Å². The number of carbonyl (C=O) groups excluding carboxylic acids is 1. The van der Waals surface area contributed by atoms with Crippen LogP contribution >= 0.6 is 0 Å². The molecule has 2 aromatic carbocycles. The molecule has 0 radical (unpaired) electrons. The summed E-state index contributed by atoms with van der Waals surface area (Å²) in [4.78, 5) is 25.6. The molecule has 1 N–H and O–H groups in total. The van der Waals surface area contributed by atoms with Crippen molar-refractivity contribution in [2.24, 2.45) is 0 Å². The van der Waals surface area contributed by atoms with E-state index in [-0.39, 0.29) is 11.4 Å². The second kappa shape index (κ2) is 8.26. The summed E-state index contributed by atoms with van der Waals surface area (Å²) in [5.74, 6) is -0.436. The van der Waals surface area contributed by atoms with Crippen LogP contribution in [0.3, 0.4) is 0 Å². The normalized spacial score (nSPS) is 14.0. The lowest BCUT2D eigenvalue weighted by atomic mass is 10.2. The molecule has 2 heterocycles. The quantitative estimate of drug-likeness (QED) is 0.738. The van der Waals surface area contributed by atoms with Gasteiger partial charge in [-0.25, -0.2) is 14.4 Å². The molecule has 3 aromatic rings. The maximum Gasteiger partial charge on any atom is 0.274 e. The molecule has 1 fully saturated rings. The summed E-state index contributed by atoms with van der Waals surface area (Å²) in [5.41, 5.74) is 2.79. The fourth-order valence-electron chi connectivity index (χ4n) is 3.37. The Morgan fingerprint density at radius 1 is 1.00 bits per heavy atom. The molecule has 148 valence electrons. The summed E-state index contributed by atoms with van der Waals surface area (Å²) in [6.45, 7) is 5.29. The Hall–Kier alpha value is -3.48. The van der Waals surface area contributed by atoms with Crippen molar-refractivity contribution in [2.45, 2.75) is 6.92 Å². The van der Waals surface area contributed by atoms with Gasteiger partial charge in [-0.05, 0) is 42.8 Å². The molecule has 1 amide bonds. The minimum atomic E-state index is -0.484. The fourth-order valence-corrected chi connectivity index (χ4v) is 3.37. The average Bonchev–Trinajstić information content (AvgIpc) is 2.75. The maximum atomic E-state index is 13.8. The molecule has 0 aliphatic carbocycles. The third-order valence-electron chi connectivity index (χ3n) is 4.93. The van der Waals surface area contributed by atoms with Crippen LogP contribution in [0.25, 0.3) is 0 Å². The van der Waals surface area contributed by atoms with E-state index in [0.29, 0.717) is 5.95 Å². The number of nitrogens with zero attached hydrogens (tertiary/aromatic N) is 4. The lowest BCUT2D eigenvalue weighted by molar-refractivity contribution is 0.102. The molecule has 4 rings (SSSR count). The number of nitrogens with one attached hydrogen (secondary N) is 1. The number of hydrogen-bond acceptors (Lipinski definition) is 5. The van der Waals surface area contributed by atoms with E-state index in [9.17, 15) is 9.18 Å². The molecule has 0 atom stereocenters. The number of aromatic nitrogens is 2. The maximum absolute atomic E-state index is 13.8. The second-order valence-electron chi connectivity index (χ2n) is 6.99. The first kappa shape index (κ1) is 18.9. The van der Waals surface area contributed by atoms with Crippen LogP contribution < -0.4 is 15.1 Å². The van der Waals surface area contributed by atoms with E-state index in [0.717, 1.165) is 26.2 Å². The number of anilines is 3. The summed E-state index contributed by atoms with van der Waals surface area (Å²) in [6, 6.07) is 16.0. The van der Waals surface area contributed by atoms with Crippen LogP contribution in [0.1, 0.15) is 16.1 Å². The number of para-hydroxylation sites is 1. The highest BCUT2D eigenvalue weighted by Crippen LogP contribution is 2.20. The van der Waals surface area contributed by atoms with Gasteiger partial charge in [-0.15, -0.1) is 0 Å². The van der Waals surface area contributed by atoms with Crippen molar-refractivity contribution in [3.05, 3.63) is 77.9 Å². The van der Waals surface area contributed by atoms with Crippen LogP contribution in [0.4, 0.5) is 21.7 Å². The minimum Gasteiger partial charge on any atom is -0.368 e. The van der Waals surface area contributed by atoms with Crippen LogP contribution in [0, 0.1) is 12.7 Å². The van der Waals surface area contributed by atoms with E-state index in [4.69, 9.17) is 0 Å². The van der Waals surface area contributed by atoms with Gasteiger partial charge in [0.25, 0.3) is 5.91 Å². The fraction of sp³-hybridized carbons (Fsp3) is 0.227. The van der Waals surface area contributed by atoms with Crippen LogP contribution in [-0.4, -0.2) is 42.1 Å². The van der Waals surface area contributed by atoms with Gasteiger partial charge in [0.1, 0.15) is 11.5 Å². The number of amides is 1. The predicted octanol–water partition coefficient (Wildman–Crippen LogP) is 3.50. The van der Waals surface area contributed by atoms with E-state index >= 15 is 0 Å². The summed E-state index contributed by atoms with van der Waals surface area (Å²) in [5, 5.41) is 2.56. The molecule has 7 heteroatoms. The first-order valence-electron chi connectivity index (χ1n) is 9.55. The molecule has 0 bridgehead atoms. The van der Waals surface area contributed by atoms with Crippen LogP contribution in [0.2, 0.25) is 0 Å². The van der Waals surface area contributed by atoms with Gasteiger partial charge >= 0.3 is 0 Å². The summed E-state index contributed by atoms with van der Waals surface area (Å²) >= 11 is 0. The van der Waals surface area contributed by atoms with Gasteiger partial charge in [0.2, 0.25) is 5.95 Å². The third-order valence-corrected chi connectivity index (χ3v) is 4.93. The zero-order chi connectivity index (χ0) is 20.2. The lowest BCUT2D eigenvalue weighted by Gasteiger charge is -2.36. The first-order valence-corrected chi connectivity index (χ1v) is 9.55. The van der Waals surface area contributed by atoms with Crippen LogP contribution in [0.15, 0.2) is 60.8 Å². The summed E-state index contributed by atoms with van der Waals surface area (Å²) < 4.78 is 13.8. The Bertz CT molecular complexity index is 1020. The average molecular weight is 391 g/mol. The zero-order valence-corrected chi connectivity index (χ0v) is 16.2. The second-order valence-corrected chi connectivity index (χ2v) is 6.99. The Morgan fingerprint density at radius 2 is 1.76 bits per heavy atom. The number of carbonyl (C=O) groups is 1. The monoisotopic (exact) mass is 391 g/mol. The number of aryl methyl sites for hydroxylation is 1. The summed E-state index contributed by atoms with van der Waals surface area (Å²) in [7, 11) is 0. The molecule has 6 nitrogen and oxygen atoms in total. The highest BCUT2D eigenvalue weighted by atomic mass is 19.1. The molecule has 0 spiro atoms. The molecule has 1 saturated heterocycles. The Kier molecular flexibility index (Phi) is 5.37.